The van der Waals surface area contributed by atoms with Crippen LogP contribution in [0.2, 0.25) is 0 Å². The van der Waals surface area contributed by atoms with Crippen molar-refractivity contribution >= 4 is 17.3 Å². The van der Waals surface area contributed by atoms with Crippen LogP contribution in [0.3, 0.4) is 0 Å². The molecule has 2 heterocycles. The quantitative estimate of drug-likeness (QED) is 0.436. The molecule has 0 amide bonds. The second-order valence-electron chi connectivity index (χ2n) is 6.69. The molecular weight excluding hydrogens is 394 g/mol. The lowest BCUT2D eigenvalue weighted by molar-refractivity contribution is 0.0601. The van der Waals surface area contributed by atoms with Crippen molar-refractivity contribution in [2.75, 3.05) is 7.11 Å². The van der Waals surface area contributed by atoms with E-state index < -0.39 is 0 Å². The zero-order valence-electron chi connectivity index (χ0n) is 16.5. The van der Waals surface area contributed by atoms with E-state index in [1.165, 1.54) is 7.11 Å². The Morgan fingerprint density at radius 3 is 2.50 bits per heavy atom. The van der Waals surface area contributed by atoms with E-state index in [2.05, 4.69) is 27.8 Å². The third kappa shape index (κ3) is 4.62. The average molecular weight is 416 g/mol. The van der Waals surface area contributed by atoms with Crippen LogP contribution in [0.1, 0.15) is 33.4 Å². The van der Waals surface area contributed by atoms with Gasteiger partial charge in [0, 0.05) is 23.7 Å². The number of aromatic nitrogens is 2. The maximum Gasteiger partial charge on any atom is 0.337 e. The van der Waals surface area contributed by atoms with E-state index in [0.717, 1.165) is 27.5 Å². The number of methoxy groups -OCH3 is 1. The predicted octanol–water partition coefficient (Wildman–Crippen LogP) is 4.87. The Morgan fingerprint density at radius 1 is 1.03 bits per heavy atom. The number of thiazole rings is 1. The van der Waals surface area contributed by atoms with Crippen LogP contribution in [-0.2, 0) is 11.3 Å². The maximum atomic E-state index is 11.6. The molecule has 0 saturated carbocycles. The number of nitrogens with zero attached hydrogens (tertiary/aromatic N) is 2. The Hall–Kier alpha value is -3.35. The normalized spacial score (nSPS) is 11.8. The smallest absolute Gasteiger partial charge is 0.337 e. The highest BCUT2D eigenvalue weighted by molar-refractivity contribution is 7.13. The van der Waals surface area contributed by atoms with E-state index in [9.17, 15) is 4.79 Å². The molecular formula is C24H21N3O2S. The SMILES string of the molecule is COC(=O)c1ccc(-c2nc(CNC(c3ccccc3)c3ccccn3)cs2)cc1. The summed E-state index contributed by atoms with van der Waals surface area (Å²) in [6, 6.07) is 23.5. The van der Waals surface area contributed by atoms with E-state index in [1.807, 2.05) is 54.7 Å². The van der Waals surface area contributed by atoms with Gasteiger partial charge in [0.25, 0.3) is 0 Å². The number of carbonyl (C=O) groups is 1. The van der Waals surface area contributed by atoms with Crippen molar-refractivity contribution < 1.29 is 9.53 Å². The third-order valence-electron chi connectivity index (χ3n) is 4.71. The highest BCUT2D eigenvalue weighted by Gasteiger charge is 2.15. The van der Waals surface area contributed by atoms with Crippen LogP contribution in [0.5, 0.6) is 0 Å². The second kappa shape index (κ2) is 9.43. The molecule has 0 aliphatic rings. The van der Waals surface area contributed by atoms with Gasteiger partial charge in [0.2, 0.25) is 0 Å². The summed E-state index contributed by atoms with van der Waals surface area (Å²) >= 11 is 1.58. The van der Waals surface area contributed by atoms with Crippen molar-refractivity contribution in [3.05, 3.63) is 107 Å². The number of hydrogen-bond donors (Lipinski definition) is 1. The van der Waals surface area contributed by atoms with Crippen LogP contribution in [0.15, 0.2) is 84.4 Å². The molecule has 1 atom stereocenters. The van der Waals surface area contributed by atoms with Gasteiger partial charge in [-0.2, -0.15) is 0 Å². The minimum absolute atomic E-state index is 0.0168. The molecule has 0 spiro atoms. The molecule has 5 nitrogen and oxygen atoms in total. The number of esters is 1. The number of hydrogen-bond acceptors (Lipinski definition) is 6. The molecule has 4 aromatic rings. The van der Waals surface area contributed by atoms with Gasteiger partial charge in [-0.15, -0.1) is 11.3 Å². The molecule has 0 saturated heterocycles. The van der Waals surface area contributed by atoms with E-state index in [1.54, 1.807) is 23.5 Å². The third-order valence-corrected chi connectivity index (χ3v) is 5.65. The number of carbonyl (C=O) groups excluding carboxylic acids is 1. The van der Waals surface area contributed by atoms with Crippen LogP contribution in [0.25, 0.3) is 10.6 Å². The molecule has 150 valence electrons. The van der Waals surface area contributed by atoms with Crippen molar-refractivity contribution in [1.29, 1.82) is 0 Å². The standard InChI is InChI=1S/C24H21N3O2S/c1-29-24(28)19-12-10-18(11-13-19)23-27-20(16-30-23)15-26-22(17-7-3-2-4-8-17)21-9-5-6-14-25-21/h2-14,16,22,26H,15H2,1H3. The highest BCUT2D eigenvalue weighted by Crippen LogP contribution is 2.25. The number of rotatable bonds is 7. The summed E-state index contributed by atoms with van der Waals surface area (Å²) in [6.45, 7) is 0.618. The lowest BCUT2D eigenvalue weighted by Gasteiger charge is -2.18. The molecule has 0 fully saturated rings. The molecule has 0 aliphatic carbocycles. The first kappa shape index (κ1) is 19.9. The Morgan fingerprint density at radius 2 is 1.80 bits per heavy atom. The molecule has 0 aliphatic heterocycles. The van der Waals surface area contributed by atoms with Gasteiger partial charge in [-0.25, -0.2) is 9.78 Å². The Balaban J connectivity index is 1.49. The topological polar surface area (TPSA) is 64.1 Å². The number of benzene rings is 2. The molecule has 30 heavy (non-hydrogen) atoms. The number of ether oxygens (including phenoxy) is 1. The van der Waals surface area contributed by atoms with Crippen LogP contribution >= 0.6 is 11.3 Å². The van der Waals surface area contributed by atoms with Gasteiger partial charge in [-0.3, -0.25) is 10.3 Å². The molecule has 4 rings (SSSR count). The lowest BCUT2D eigenvalue weighted by Crippen LogP contribution is -2.23. The van der Waals surface area contributed by atoms with E-state index in [4.69, 9.17) is 9.72 Å². The first-order valence-corrected chi connectivity index (χ1v) is 10.4. The molecule has 0 bridgehead atoms. The van der Waals surface area contributed by atoms with Crippen molar-refractivity contribution in [3.8, 4) is 10.6 Å². The van der Waals surface area contributed by atoms with Crippen molar-refractivity contribution in [3.63, 3.8) is 0 Å². The first-order valence-electron chi connectivity index (χ1n) is 9.57. The largest absolute Gasteiger partial charge is 0.465 e. The fourth-order valence-corrected chi connectivity index (χ4v) is 4.01. The summed E-state index contributed by atoms with van der Waals surface area (Å²) in [5, 5.41) is 6.55. The van der Waals surface area contributed by atoms with Gasteiger partial charge in [-0.1, -0.05) is 48.5 Å². The van der Waals surface area contributed by atoms with Gasteiger partial charge in [0.05, 0.1) is 30.1 Å². The zero-order chi connectivity index (χ0) is 20.8. The molecule has 2 aromatic carbocycles. The van der Waals surface area contributed by atoms with Gasteiger partial charge in [-0.05, 0) is 29.8 Å². The summed E-state index contributed by atoms with van der Waals surface area (Å²) in [5.41, 5.74) is 4.59. The Bertz CT molecular complexity index is 1060. The summed E-state index contributed by atoms with van der Waals surface area (Å²) in [4.78, 5) is 20.9. The molecule has 0 radical (unpaired) electrons. The predicted molar refractivity (Wildman–Crippen MR) is 118 cm³/mol. The summed E-state index contributed by atoms with van der Waals surface area (Å²) < 4.78 is 4.75. The molecule has 6 heteroatoms. The minimum atomic E-state index is -0.341. The first-order chi connectivity index (χ1) is 14.7. The average Bonchev–Trinajstić information content (AvgIpc) is 3.29. The van der Waals surface area contributed by atoms with Gasteiger partial charge >= 0.3 is 5.97 Å². The molecule has 1 N–H and O–H groups in total. The van der Waals surface area contributed by atoms with Crippen LogP contribution in [0.4, 0.5) is 0 Å². The van der Waals surface area contributed by atoms with Gasteiger partial charge < -0.3 is 4.74 Å². The van der Waals surface area contributed by atoms with Gasteiger partial charge in [0.1, 0.15) is 5.01 Å². The minimum Gasteiger partial charge on any atom is -0.465 e. The summed E-state index contributed by atoms with van der Waals surface area (Å²) in [6.07, 6.45) is 1.81. The molecule has 2 aromatic heterocycles. The van der Waals surface area contributed by atoms with Crippen molar-refractivity contribution in [2.24, 2.45) is 0 Å². The van der Waals surface area contributed by atoms with Crippen LogP contribution < -0.4 is 5.32 Å². The van der Waals surface area contributed by atoms with E-state index >= 15 is 0 Å². The summed E-state index contributed by atoms with van der Waals surface area (Å²) in [5.74, 6) is -0.341. The molecule has 1 unspecified atom stereocenters. The lowest BCUT2D eigenvalue weighted by atomic mass is 10.0. The van der Waals surface area contributed by atoms with E-state index in [-0.39, 0.29) is 12.0 Å². The maximum absolute atomic E-state index is 11.6. The Kier molecular flexibility index (Phi) is 6.27. The Labute approximate surface area is 179 Å². The zero-order valence-corrected chi connectivity index (χ0v) is 17.3. The van der Waals surface area contributed by atoms with Crippen LogP contribution in [0, 0.1) is 0 Å². The second-order valence-corrected chi connectivity index (χ2v) is 7.55. The fraction of sp³-hybridized carbons (Fsp3) is 0.125. The highest BCUT2D eigenvalue weighted by atomic mass is 32.1. The summed E-state index contributed by atoms with van der Waals surface area (Å²) in [7, 11) is 1.38. The van der Waals surface area contributed by atoms with Gasteiger partial charge in [0.15, 0.2) is 0 Å². The number of nitrogens with one attached hydrogen (secondary N) is 1. The fourth-order valence-electron chi connectivity index (χ4n) is 3.18. The van der Waals surface area contributed by atoms with E-state index in [0.29, 0.717) is 12.1 Å². The number of pyridine rings is 1. The van der Waals surface area contributed by atoms with Crippen molar-refractivity contribution in [2.45, 2.75) is 12.6 Å². The van der Waals surface area contributed by atoms with Crippen LogP contribution in [-0.4, -0.2) is 23.0 Å². The van der Waals surface area contributed by atoms with Crippen molar-refractivity contribution in [1.82, 2.24) is 15.3 Å². The monoisotopic (exact) mass is 415 g/mol.